The van der Waals surface area contributed by atoms with Gasteiger partial charge in [-0.2, -0.15) is 0 Å². The molecule has 0 radical (unpaired) electrons. The quantitative estimate of drug-likeness (QED) is 0.707. The Bertz CT molecular complexity index is 691. The minimum Gasteiger partial charge on any atom is -0.299 e. The van der Waals surface area contributed by atoms with Crippen molar-refractivity contribution in [1.82, 2.24) is 4.90 Å². The topological polar surface area (TPSA) is 20.3 Å². The van der Waals surface area contributed by atoms with Crippen molar-refractivity contribution in [2.45, 2.75) is 25.8 Å². The zero-order chi connectivity index (χ0) is 16.2. The molecule has 1 saturated heterocycles. The number of nitrogens with zero attached hydrogens (tertiary/aromatic N) is 1. The molecule has 2 aromatic rings. The van der Waals surface area contributed by atoms with Crippen molar-refractivity contribution in [1.29, 1.82) is 0 Å². The van der Waals surface area contributed by atoms with Crippen LogP contribution in [0.5, 0.6) is 0 Å². The molecule has 0 saturated carbocycles. The molecule has 0 aromatic heterocycles. The third-order valence-corrected chi connectivity index (χ3v) is 4.81. The van der Waals surface area contributed by atoms with Crippen molar-refractivity contribution in [2.24, 2.45) is 0 Å². The van der Waals surface area contributed by atoms with Crippen LogP contribution in [0.2, 0.25) is 10.0 Å². The first-order valence-corrected chi connectivity index (χ1v) is 8.70. The Labute approximate surface area is 147 Å². The third-order valence-electron chi connectivity index (χ3n) is 4.24. The average molecular weight is 348 g/mol. The fourth-order valence-electron chi connectivity index (χ4n) is 2.96. The molecule has 1 aliphatic rings. The second kappa shape index (κ2) is 7.48. The first-order valence-electron chi connectivity index (χ1n) is 7.94. The van der Waals surface area contributed by atoms with E-state index < -0.39 is 0 Å². The monoisotopic (exact) mass is 347 g/mol. The minimum atomic E-state index is -0.0953. The molecule has 0 aliphatic carbocycles. The number of piperidine rings is 1. The Balaban J connectivity index is 1.73. The molecule has 1 aliphatic heterocycles. The lowest BCUT2D eigenvalue weighted by atomic mass is 10.0. The van der Waals surface area contributed by atoms with Gasteiger partial charge in [0.15, 0.2) is 5.78 Å². The predicted octanol–water partition coefficient (Wildman–Crippen LogP) is 5.21. The van der Waals surface area contributed by atoms with Crippen molar-refractivity contribution >= 4 is 29.0 Å². The molecule has 2 aromatic carbocycles. The number of halogens is 2. The molecule has 0 spiro atoms. The van der Waals surface area contributed by atoms with Gasteiger partial charge in [0.05, 0.1) is 5.02 Å². The number of hydrogen-bond acceptors (Lipinski definition) is 2. The van der Waals surface area contributed by atoms with E-state index in [0.29, 0.717) is 21.2 Å². The van der Waals surface area contributed by atoms with E-state index in [1.165, 1.54) is 37.9 Å². The highest BCUT2D eigenvalue weighted by Gasteiger charge is 2.14. The van der Waals surface area contributed by atoms with E-state index in [2.05, 4.69) is 4.90 Å². The van der Waals surface area contributed by atoms with E-state index in [4.69, 9.17) is 23.2 Å². The molecule has 0 amide bonds. The highest BCUT2D eigenvalue weighted by Crippen LogP contribution is 2.24. The summed E-state index contributed by atoms with van der Waals surface area (Å²) in [6, 6.07) is 12.8. The SMILES string of the molecule is O=C(c1ccc(CN2CCCCC2)cc1)c1cc(Cl)ccc1Cl. The van der Waals surface area contributed by atoms with Gasteiger partial charge in [-0.3, -0.25) is 9.69 Å². The third kappa shape index (κ3) is 4.14. The summed E-state index contributed by atoms with van der Waals surface area (Å²) in [6.07, 6.45) is 3.90. The Morgan fingerprint density at radius 2 is 1.65 bits per heavy atom. The summed E-state index contributed by atoms with van der Waals surface area (Å²) in [7, 11) is 0. The van der Waals surface area contributed by atoms with E-state index in [1.54, 1.807) is 18.2 Å². The lowest BCUT2D eigenvalue weighted by molar-refractivity contribution is 0.103. The normalized spacial score (nSPS) is 15.6. The van der Waals surface area contributed by atoms with Gasteiger partial charge in [0, 0.05) is 22.7 Å². The second-order valence-corrected chi connectivity index (χ2v) is 6.83. The number of carbonyl (C=O) groups is 1. The van der Waals surface area contributed by atoms with Crippen LogP contribution in [0.3, 0.4) is 0 Å². The summed E-state index contributed by atoms with van der Waals surface area (Å²) >= 11 is 12.1. The number of likely N-dealkylation sites (tertiary alicyclic amines) is 1. The highest BCUT2D eigenvalue weighted by atomic mass is 35.5. The van der Waals surface area contributed by atoms with Gasteiger partial charge in [-0.25, -0.2) is 0 Å². The molecule has 120 valence electrons. The van der Waals surface area contributed by atoms with Crippen LogP contribution in [0, 0.1) is 0 Å². The zero-order valence-electron chi connectivity index (χ0n) is 12.9. The number of hydrogen-bond donors (Lipinski definition) is 0. The Morgan fingerprint density at radius 1 is 0.957 bits per heavy atom. The van der Waals surface area contributed by atoms with Gasteiger partial charge in [0.25, 0.3) is 0 Å². The fraction of sp³-hybridized carbons (Fsp3) is 0.316. The molecule has 0 N–H and O–H groups in total. The van der Waals surface area contributed by atoms with Gasteiger partial charge in [0.2, 0.25) is 0 Å². The molecule has 23 heavy (non-hydrogen) atoms. The first-order chi connectivity index (χ1) is 11.1. The summed E-state index contributed by atoms with van der Waals surface area (Å²) in [6.45, 7) is 3.28. The van der Waals surface area contributed by atoms with E-state index in [9.17, 15) is 4.79 Å². The summed E-state index contributed by atoms with van der Waals surface area (Å²) in [5, 5.41) is 0.941. The van der Waals surface area contributed by atoms with Crippen LogP contribution >= 0.6 is 23.2 Å². The second-order valence-electron chi connectivity index (χ2n) is 5.99. The lowest BCUT2D eigenvalue weighted by Gasteiger charge is -2.26. The highest BCUT2D eigenvalue weighted by molar-refractivity contribution is 6.36. The van der Waals surface area contributed by atoms with Gasteiger partial charge in [-0.15, -0.1) is 0 Å². The molecule has 0 unspecified atom stereocenters. The minimum absolute atomic E-state index is 0.0953. The van der Waals surface area contributed by atoms with Crippen molar-refractivity contribution in [3.05, 3.63) is 69.2 Å². The van der Waals surface area contributed by atoms with Crippen molar-refractivity contribution in [2.75, 3.05) is 13.1 Å². The molecular weight excluding hydrogens is 329 g/mol. The maximum atomic E-state index is 12.6. The van der Waals surface area contributed by atoms with E-state index >= 15 is 0 Å². The van der Waals surface area contributed by atoms with Crippen LogP contribution in [-0.2, 0) is 6.54 Å². The van der Waals surface area contributed by atoms with Crippen LogP contribution in [0.4, 0.5) is 0 Å². The first kappa shape index (κ1) is 16.5. The number of rotatable bonds is 4. The number of carbonyl (C=O) groups excluding carboxylic acids is 1. The van der Waals surface area contributed by atoms with Crippen LogP contribution in [0.25, 0.3) is 0 Å². The molecular formula is C19H19Cl2NO. The largest absolute Gasteiger partial charge is 0.299 e. The van der Waals surface area contributed by atoms with Crippen LogP contribution in [-0.4, -0.2) is 23.8 Å². The fourth-order valence-corrected chi connectivity index (χ4v) is 3.34. The van der Waals surface area contributed by atoms with Crippen molar-refractivity contribution in [3.63, 3.8) is 0 Å². The van der Waals surface area contributed by atoms with E-state index in [0.717, 1.165) is 6.54 Å². The summed E-state index contributed by atoms with van der Waals surface area (Å²) in [5.74, 6) is -0.0953. The average Bonchev–Trinajstić information content (AvgIpc) is 2.58. The molecule has 0 atom stereocenters. The lowest BCUT2D eigenvalue weighted by Crippen LogP contribution is -2.29. The Morgan fingerprint density at radius 3 is 2.35 bits per heavy atom. The standard InChI is InChI=1S/C19H19Cl2NO/c20-16-8-9-18(21)17(12-16)19(23)15-6-4-14(5-7-15)13-22-10-2-1-3-11-22/h4-9,12H,1-3,10-11,13H2. The van der Waals surface area contributed by atoms with Gasteiger partial charge in [0.1, 0.15) is 0 Å². The van der Waals surface area contributed by atoms with Crippen molar-refractivity contribution < 1.29 is 4.79 Å². The summed E-state index contributed by atoms with van der Waals surface area (Å²) in [4.78, 5) is 15.0. The van der Waals surface area contributed by atoms with Crippen LogP contribution < -0.4 is 0 Å². The maximum absolute atomic E-state index is 12.6. The van der Waals surface area contributed by atoms with Crippen molar-refractivity contribution in [3.8, 4) is 0 Å². The van der Waals surface area contributed by atoms with Gasteiger partial charge < -0.3 is 0 Å². The van der Waals surface area contributed by atoms with E-state index in [-0.39, 0.29) is 5.78 Å². The summed E-state index contributed by atoms with van der Waals surface area (Å²) in [5.41, 5.74) is 2.32. The van der Waals surface area contributed by atoms with Gasteiger partial charge >= 0.3 is 0 Å². The Hall–Kier alpha value is -1.35. The predicted molar refractivity (Wildman–Crippen MR) is 95.5 cm³/mol. The molecule has 1 fully saturated rings. The molecule has 2 nitrogen and oxygen atoms in total. The summed E-state index contributed by atoms with van der Waals surface area (Å²) < 4.78 is 0. The number of ketones is 1. The van der Waals surface area contributed by atoms with Crippen LogP contribution in [0.15, 0.2) is 42.5 Å². The van der Waals surface area contributed by atoms with Crippen LogP contribution in [0.1, 0.15) is 40.7 Å². The maximum Gasteiger partial charge on any atom is 0.194 e. The molecule has 1 heterocycles. The van der Waals surface area contributed by atoms with Gasteiger partial charge in [-0.1, -0.05) is 53.9 Å². The zero-order valence-corrected chi connectivity index (χ0v) is 14.4. The molecule has 3 rings (SSSR count). The smallest absolute Gasteiger partial charge is 0.194 e. The Kier molecular flexibility index (Phi) is 5.37. The number of benzene rings is 2. The van der Waals surface area contributed by atoms with Gasteiger partial charge in [-0.05, 0) is 49.7 Å². The molecule has 4 heteroatoms. The molecule has 0 bridgehead atoms. The van der Waals surface area contributed by atoms with E-state index in [1.807, 2.05) is 24.3 Å².